The van der Waals surface area contributed by atoms with Crippen molar-refractivity contribution in [3.8, 4) is 10.6 Å². The van der Waals surface area contributed by atoms with Crippen LogP contribution in [-0.2, 0) is 22.6 Å². The van der Waals surface area contributed by atoms with E-state index in [-0.39, 0.29) is 18.7 Å². The summed E-state index contributed by atoms with van der Waals surface area (Å²) in [5, 5.41) is 14.2. The number of nitrogens with one attached hydrogen (secondary N) is 1. The number of hydrogen-bond donors (Lipinski definition) is 2. The molecule has 29 heavy (non-hydrogen) atoms. The van der Waals surface area contributed by atoms with Gasteiger partial charge in [0.25, 0.3) is 0 Å². The first-order chi connectivity index (χ1) is 14.0. The van der Waals surface area contributed by atoms with Crippen LogP contribution in [0.5, 0.6) is 0 Å². The van der Waals surface area contributed by atoms with E-state index >= 15 is 0 Å². The summed E-state index contributed by atoms with van der Waals surface area (Å²) >= 11 is 1.54. The van der Waals surface area contributed by atoms with Gasteiger partial charge in [0.1, 0.15) is 5.01 Å². The predicted molar refractivity (Wildman–Crippen MR) is 114 cm³/mol. The molecule has 1 aliphatic rings. The number of thiazole rings is 1. The molecule has 7 nitrogen and oxygen atoms in total. The lowest BCUT2D eigenvalue weighted by Gasteiger charge is -2.32. The molecule has 2 heterocycles. The van der Waals surface area contributed by atoms with E-state index in [4.69, 9.17) is 5.11 Å². The Bertz CT molecular complexity index is 831. The van der Waals surface area contributed by atoms with Gasteiger partial charge in [0.2, 0.25) is 5.91 Å². The number of aromatic nitrogens is 1. The van der Waals surface area contributed by atoms with Crippen LogP contribution in [0, 0.1) is 0 Å². The fourth-order valence-electron chi connectivity index (χ4n) is 3.28. The monoisotopic (exact) mass is 416 g/mol. The van der Waals surface area contributed by atoms with Crippen molar-refractivity contribution in [2.24, 2.45) is 0 Å². The molecule has 3 rings (SSSR count). The highest BCUT2D eigenvalue weighted by atomic mass is 32.1. The maximum Gasteiger partial charge on any atom is 0.303 e. The number of rotatable bonds is 9. The van der Waals surface area contributed by atoms with Gasteiger partial charge < -0.3 is 15.3 Å². The summed E-state index contributed by atoms with van der Waals surface area (Å²) < 4.78 is 0. The third-order valence-electron chi connectivity index (χ3n) is 4.96. The molecule has 0 saturated carbocycles. The van der Waals surface area contributed by atoms with E-state index in [0.717, 1.165) is 49.0 Å². The third-order valence-corrected chi connectivity index (χ3v) is 5.90. The summed E-state index contributed by atoms with van der Waals surface area (Å²) in [7, 11) is 2.16. The van der Waals surface area contributed by atoms with Crippen LogP contribution >= 0.6 is 11.3 Å². The summed E-state index contributed by atoms with van der Waals surface area (Å²) in [5.41, 5.74) is 3.10. The Hall–Kier alpha value is -2.29. The van der Waals surface area contributed by atoms with E-state index in [9.17, 15) is 9.59 Å². The number of hydrogen-bond acceptors (Lipinski definition) is 6. The predicted octanol–water partition coefficient (Wildman–Crippen LogP) is 2.08. The molecule has 0 aliphatic carbocycles. The quantitative estimate of drug-likeness (QED) is 0.609. The second kappa shape index (κ2) is 10.5. The Labute approximate surface area is 175 Å². The molecule has 0 spiro atoms. The molecule has 2 aromatic rings. The molecular formula is C21H28N4O3S. The molecule has 2 N–H and O–H groups in total. The topological polar surface area (TPSA) is 85.8 Å². The molecule has 0 atom stereocenters. The summed E-state index contributed by atoms with van der Waals surface area (Å²) in [6.45, 7) is 5.70. The van der Waals surface area contributed by atoms with Crippen LogP contribution in [0.25, 0.3) is 10.6 Å². The van der Waals surface area contributed by atoms with Gasteiger partial charge in [-0.15, -0.1) is 11.3 Å². The van der Waals surface area contributed by atoms with Gasteiger partial charge in [0.15, 0.2) is 0 Å². The second-order valence-electron chi connectivity index (χ2n) is 7.45. The van der Waals surface area contributed by atoms with Gasteiger partial charge in [-0.25, -0.2) is 4.98 Å². The van der Waals surface area contributed by atoms with E-state index in [1.165, 1.54) is 5.56 Å². The largest absolute Gasteiger partial charge is 0.481 e. The molecule has 156 valence electrons. The minimum atomic E-state index is -0.849. The number of carbonyl (C=O) groups excluding carboxylic acids is 1. The van der Waals surface area contributed by atoms with Crippen LogP contribution in [-0.4, -0.2) is 71.5 Å². The molecule has 1 aromatic carbocycles. The van der Waals surface area contributed by atoms with Crippen molar-refractivity contribution in [2.45, 2.75) is 25.8 Å². The van der Waals surface area contributed by atoms with Crippen LogP contribution in [0.15, 0.2) is 29.6 Å². The molecule has 1 aromatic heterocycles. The maximum absolute atomic E-state index is 12.0. The van der Waals surface area contributed by atoms with Crippen molar-refractivity contribution in [1.82, 2.24) is 20.1 Å². The summed E-state index contributed by atoms with van der Waals surface area (Å²) in [6, 6.07) is 8.47. The number of piperazine rings is 1. The maximum atomic E-state index is 12.0. The van der Waals surface area contributed by atoms with Gasteiger partial charge in [-0.1, -0.05) is 18.2 Å². The van der Waals surface area contributed by atoms with Crippen LogP contribution < -0.4 is 5.32 Å². The molecule has 0 unspecified atom stereocenters. The molecule has 1 saturated heterocycles. The third kappa shape index (κ3) is 6.92. The zero-order valence-electron chi connectivity index (χ0n) is 16.8. The average molecular weight is 417 g/mol. The molecule has 8 heteroatoms. The lowest BCUT2D eigenvalue weighted by Crippen LogP contribution is -2.43. The Morgan fingerprint density at radius 1 is 1.24 bits per heavy atom. The smallest absolute Gasteiger partial charge is 0.303 e. The standard InChI is InChI=1S/C21H28N4O3S/c1-24-8-10-25(11-9-24)14-16-4-2-5-17(12-16)21-23-18(15-29-21)13-19(26)22-7-3-6-20(27)28/h2,4-5,12,15H,3,6-11,13-14H2,1H3,(H,22,26)(H,27,28). The first-order valence-electron chi connectivity index (χ1n) is 9.93. The lowest BCUT2D eigenvalue weighted by atomic mass is 10.1. The molecule has 1 fully saturated rings. The highest BCUT2D eigenvalue weighted by molar-refractivity contribution is 7.13. The van der Waals surface area contributed by atoms with Crippen molar-refractivity contribution in [2.75, 3.05) is 39.8 Å². The summed E-state index contributed by atoms with van der Waals surface area (Å²) in [5.74, 6) is -0.977. The van der Waals surface area contributed by atoms with Crippen molar-refractivity contribution in [3.63, 3.8) is 0 Å². The van der Waals surface area contributed by atoms with Gasteiger partial charge in [-0.2, -0.15) is 0 Å². The number of aliphatic carboxylic acids is 1. The van der Waals surface area contributed by atoms with Crippen LogP contribution in [0.4, 0.5) is 0 Å². The van der Waals surface area contributed by atoms with Crippen molar-refractivity contribution in [3.05, 3.63) is 40.9 Å². The van der Waals surface area contributed by atoms with Crippen molar-refractivity contribution in [1.29, 1.82) is 0 Å². The van der Waals surface area contributed by atoms with Gasteiger partial charge in [0.05, 0.1) is 12.1 Å². The van der Waals surface area contributed by atoms with E-state index < -0.39 is 5.97 Å². The Morgan fingerprint density at radius 3 is 2.79 bits per heavy atom. The normalized spacial score (nSPS) is 15.3. The second-order valence-corrected chi connectivity index (χ2v) is 8.31. The first-order valence-corrected chi connectivity index (χ1v) is 10.8. The number of carboxylic acids is 1. The highest BCUT2D eigenvalue weighted by Crippen LogP contribution is 2.25. The van der Waals surface area contributed by atoms with Crippen LogP contribution in [0.3, 0.4) is 0 Å². The molecular weight excluding hydrogens is 388 g/mol. The van der Waals surface area contributed by atoms with E-state index in [0.29, 0.717) is 13.0 Å². The van der Waals surface area contributed by atoms with E-state index in [2.05, 4.69) is 51.4 Å². The van der Waals surface area contributed by atoms with Gasteiger partial charge in [-0.3, -0.25) is 14.5 Å². The lowest BCUT2D eigenvalue weighted by molar-refractivity contribution is -0.137. The highest BCUT2D eigenvalue weighted by Gasteiger charge is 2.15. The average Bonchev–Trinajstić information content (AvgIpc) is 3.16. The van der Waals surface area contributed by atoms with Gasteiger partial charge >= 0.3 is 5.97 Å². The van der Waals surface area contributed by atoms with Gasteiger partial charge in [0, 0.05) is 56.6 Å². The minimum Gasteiger partial charge on any atom is -0.481 e. The number of amides is 1. The van der Waals surface area contributed by atoms with Crippen molar-refractivity contribution < 1.29 is 14.7 Å². The number of carbonyl (C=O) groups is 2. The van der Waals surface area contributed by atoms with Gasteiger partial charge in [-0.05, 0) is 25.1 Å². The van der Waals surface area contributed by atoms with Crippen LogP contribution in [0.2, 0.25) is 0 Å². The number of benzene rings is 1. The SMILES string of the molecule is CN1CCN(Cc2cccc(-c3nc(CC(=O)NCCCC(=O)O)cs3)c2)CC1. The van der Waals surface area contributed by atoms with E-state index in [1.54, 1.807) is 11.3 Å². The number of carboxylic acid groups (broad SMARTS) is 1. The Balaban J connectivity index is 1.53. The Morgan fingerprint density at radius 2 is 2.03 bits per heavy atom. The minimum absolute atomic E-state index is 0.0611. The number of likely N-dealkylation sites (N-methyl/N-ethyl adjacent to an activating group) is 1. The molecule has 0 bridgehead atoms. The molecule has 0 radical (unpaired) electrons. The fourth-order valence-corrected chi connectivity index (χ4v) is 4.10. The summed E-state index contributed by atoms with van der Waals surface area (Å²) in [4.78, 5) is 31.9. The van der Waals surface area contributed by atoms with Crippen molar-refractivity contribution >= 4 is 23.2 Å². The van der Waals surface area contributed by atoms with Crippen LogP contribution in [0.1, 0.15) is 24.1 Å². The summed E-state index contributed by atoms with van der Waals surface area (Å²) in [6.07, 6.45) is 0.708. The van der Waals surface area contributed by atoms with E-state index in [1.807, 2.05) is 5.38 Å². The molecule has 1 amide bonds. The molecule has 1 aliphatic heterocycles. The number of nitrogens with zero attached hydrogens (tertiary/aromatic N) is 3. The zero-order chi connectivity index (χ0) is 20.6. The fraction of sp³-hybridized carbons (Fsp3) is 0.476. The Kier molecular flexibility index (Phi) is 7.74. The zero-order valence-corrected chi connectivity index (χ0v) is 17.6. The first kappa shape index (κ1) is 21.4.